The maximum atomic E-state index is 5.45. The maximum Gasteiger partial charge on any atom is 0.119 e. The Morgan fingerprint density at radius 1 is 1.11 bits per heavy atom. The van der Waals surface area contributed by atoms with E-state index in [2.05, 4.69) is 43.4 Å². The lowest BCUT2D eigenvalue weighted by atomic mass is 9.83. The smallest absolute Gasteiger partial charge is 0.119 e. The Labute approximate surface area is 112 Å². The molecule has 0 amide bonds. The van der Waals surface area contributed by atoms with Gasteiger partial charge in [-0.2, -0.15) is 0 Å². The molecule has 2 nitrogen and oxygen atoms in total. The number of benzene rings is 1. The molecule has 0 aromatic heterocycles. The van der Waals surface area contributed by atoms with E-state index in [4.69, 9.17) is 4.74 Å². The van der Waals surface area contributed by atoms with Crippen molar-refractivity contribution in [1.29, 1.82) is 0 Å². The molecule has 0 aliphatic rings. The van der Waals surface area contributed by atoms with Crippen molar-refractivity contribution in [3.05, 3.63) is 29.8 Å². The van der Waals surface area contributed by atoms with Crippen LogP contribution in [0.3, 0.4) is 0 Å². The van der Waals surface area contributed by atoms with Gasteiger partial charge < -0.3 is 10.1 Å². The van der Waals surface area contributed by atoms with E-state index in [1.54, 1.807) is 0 Å². The fourth-order valence-electron chi connectivity index (χ4n) is 1.99. The Kier molecular flexibility index (Phi) is 6.20. The molecule has 0 saturated heterocycles. The van der Waals surface area contributed by atoms with Crippen molar-refractivity contribution >= 4 is 0 Å². The predicted octanol–water partition coefficient (Wildman–Crippen LogP) is 3.65. The molecular formula is C16H27NO. The van der Waals surface area contributed by atoms with Gasteiger partial charge in [-0.15, -0.1) is 0 Å². The first-order valence-corrected chi connectivity index (χ1v) is 6.94. The molecule has 1 aromatic rings. The third-order valence-electron chi connectivity index (χ3n) is 3.38. The largest absolute Gasteiger partial charge is 0.494 e. The second kappa shape index (κ2) is 7.42. The van der Waals surface area contributed by atoms with Crippen molar-refractivity contribution in [2.24, 2.45) is 5.41 Å². The summed E-state index contributed by atoms with van der Waals surface area (Å²) in [5.74, 6) is 0.968. The summed E-state index contributed by atoms with van der Waals surface area (Å²) in [7, 11) is 2.02. The lowest BCUT2D eigenvalue weighted by Crippen LogP contribution is -2.20. The molecule has 102 valence electrons. The van der Waals surface area contributed by atoms with Crippen LogP contribution in [0.5, 0.6) is 5.75 Å². The summed E-state index contributed by atoms with van der Waals surface area (Å²) in [5.41, 5.74) is 1.80. The van der Waals surface area contributed by atoms with Gasteiger partial charge in [-0.1, -0.05) is 26.0 Å². The van der Waals surface area contributed by atoms with E-state index in [0.717, 1.165) is 25.3 Å². The van der Waals surface area contributed by atoms with Crippen LogP contribution < -0.4 is 10.1 Å². The molecule has 0 atom stereocenters. The molecule has 0 spiro atoms. The van der Waals surface area contributed by atoms with Crippen molar-refractivity contribution in [2.45, 2.75) is 40.0 Å². The number of nitrogens with one attached hydrogen (secondary N) is 1. The highest BCUT2D eigenvalue weighted by atomic mass is 16.5. The minimum absolute atomic E-state index is 0.404. The van der Waals surface area contributed by atoms with E-state index in [-0.39, 0.29) is 0 Å². The molecule has 1 N–H and O–H groups in total. The Hall–Kier alpha value is -1.02. The van der Waals surface area contributed by atoms with Crippen LogP contribution in [0.1, 0.15) is 39.2 Å². The summed E-state index contributed by atoms with van der Waals surface area (Å²) in [5, 5.41) is 3.23. The van der Waals surface area contributed by atoms with Gasteiger partial charge in [0.25, 0.3) is 0 Å². The molecule has 0 saturated carbocycles. The molecular weight excluding hydrogens is 222 g/mol. The molecule has 0 radical (unpaired) electrons. The first kappa shape index (κ1) is 15.0. The van der Waals surface area contributed by atoms with E-state index >= 15 is 0 Å². The molecule has 0 aliphatic carbocycles. The fraction of sp³-hybridized carbons (Fsp3) is 0.625. The second-order valence-corrected chi connectivity index (χ2v) is 5.59. The summed E-state index contributed by atoms with van der Waals surface area (Å²) in [6.45, 7) is 8.53. The highest BCUT2D eigenvalue weighted by Crippen LogP contribution is 2.26. The van der Waals surface area contributed by atoms with Gasteiger partial charge in [0.15, 0.2) is 0 Å². The van der Waals surface area contributed by atoms with Gasteiger partial charge in [-0.05, 0) is 62.9 Å². The van der Waals surface area contributed by atoms with Crippen LogP contribution in [0.15, 0.2) is 24.3 Å². The molecule has 0 aliphatic heterocycles. The first-order valence-electron chi connectivity index (χ1n) is 6.94. The molecule has 0 heterocycles. The normalized spacial score (nSPS) is 11.6. The van der Waals surface area contributed by atoms with Crippen molar-refractivity contribution in [3.8, 4) is 5.75 Å². The third-order valence-corrected chi connectivity index (χ3v) is 3.38. The predicted molar refractivity (Wildman–Crippen MR) is 78.3 cm³/mol. The van der Waals surface area contributed by atoms with Gasteiger partial charge in [-0.3, -0.25) is 0 Å². The van der Waals surface area contributed by atoms with Crippen molar-refractivity contribution in [2.75, 3.05) is 20.2 Å². The minimum Gasteiger partial charge on any atom is -0.494 e. The Morgan fingerprint density at radius 2 is 1.78 bits per heavy atom. The van der Waals surface area contributed by atoms with E-state index in [1.165, 1.54) is 18.4 Å². The topological polar surface area (TPSA) is 21.3 Å². The van der Waals surface area contributed by atoms with Crippen LogP contribution in [0.25, 0.3) is 0 Å². The third kappa shape index (κ3) is 5.54. The second-order valence-electron chi connectivity index (χ2n) is 5.59. The zero-order valence-electron chi connectivity index (χ0n) is 12.3. The van der Waals surface area contributed by atoms with Crippen LogP contribution in [0.2, 0.25) is 0 Å². The van der Waals surface area contributed by atoms with Gasteiger partial charge in [0.2, 0.25) is 0 Å². The lowest BCUT2D eigenvalue weighted by Gasteiger charge is -2.24. The fourth-order valence-corrected chi connectivity index (χ4v) is 1.99. The van der Waals surface area contributed by atoms with Crippen molar-refractivity contribution < 1.29 is 4.74 Å². The van der Waals surface area contributed by atoms with E-state index in [1.807, 2.05) is 14.0 Å². The average molecular weight is 249 g/mol. The molecule has 18 heavy (non-hydrogen) atoms. The van der Waals surface area contributed by atoms with Gasteiger partial charge in [0, 0.05) is 0 Å². The monoisotopic (exact) mass is 249 g/mol. The summed E-state index contributed by atoms with van der Waals surface area (Å²) >= 11 is 0. The van der Waals surface area contributed by atoms with Gasteiger partial charge in [0.1, 0.15) is 5.75 Å². The maximum absolute atomic E-state index is 5.45. The van der Waals surface area contributed by atoms with Crippen molar-refractivity contribution in [3.63, 3.8) is 0 Å². The highest BCUT2D eigenvalue weighted by Gasteiger charge is 2.16. The van der Waals surface area contributed by atoms with Gasteiger partial charge in [0.05, 0.1) is 6.61 Å². The van der Waals surface area contributed by atoms with Crippen LogP contribution in [-0.2, 0) is 6.42 Å². The Balaban J connectivity index is 2.42. The molecule has 1 aromatic carbocycles. The van der Waals surface area contributed by atoms with Crippen LogP contribution in [0, 0.1) is 5.41 Å². The lowest BCUT2D eigenvalue weighted by molar-refractivity contribution is 0.305. The Morgan fingerprint density at radius 3 is 2.33 bits per heavy atom. The summed E-state index contributed by atoms with van der Waals surface area (Å²) in [4.78, 5) is 0. The minimum atomic E-state index is 0.404. The van der Waals surface area contributed by atoms with Crippen LogP contribution in [-0.4, -0.2) is 20.2 Å². The average Bonchev–Trinajstić information content (AvgIpc) is 2.36. The van der Waals surface area contributed by atoms with Crippen LogP contribution >= 0.6 is 0 Å². The van der Waals surface area contributed by atoms with E-state index < -0.39 is 0 Å². The zero-order chi connectivity index (χ0) is 13.4. The molecule has 0 fully saturated rings. The van der Waals surface area contributed by atoms with Gasteiger partial charge >= 0.3 is 0 Å². The molecule has 0 unspecified atom stereocenters. The number of hydrogen-bond acceptors (Lipinski definition) is 2. The number of rotatable bonds is 8. The summed E-state index contributed by atoms with van der Waals surface area (Å²) < 4.78 is 5.45. The zero-order valence-corrected chi connectivity index (χ0v) is 12.3. The number of ether oxygens (including phenoxy) is 1. The van der Waals surface area contributed by atoms with E-state index in [9.17, 15) is 0 Å². The standard InChI is InChI=1S/C16H27NO/c1-5-18-15-8-6-14(7-9-15)10-11-16(2,3)12-13-17-4/h6-9,17H,5,10-13H2,1-4H3. The number of hydrogen-bond donors (Lipinski definition) is 1. The number of aryl methyl sites for hydroxylation is 1. The van der Waals surface area contributed by atoms with E-state index in [0.29, 0.717) is 5.41 Å². The summed E-state index contributed by atoms with van der Waals surface area (Å²) in [6, 6.07) is 8.50. The molecule has 0 bridgehead atoms. The molecule has 1 rings (SSSR count). The Bertz CT molecular complexity index is 329. The molecule has 2 heteroatoms. The summed E-state index contributed by atoms with van der Waals surface area (Å²) in [6.07, 6.45) is 3.59. The quantitative estimate of drug-likeness (QED) is 0.759. The first-order chi connectivity index (χ1) is 8.57. The van der Waals surface area contributed by atoms with Crippen LogP contribution in [0.4, 0.5) is 0 Å². The SMILES string of the molecule is CCOc1ccc(CCC(C)(C)CCNC)cc1. The van der Waals surface area contributed by atoms with Gasteiger partial charge in [-0.25, -0.2) is 0 Å². The van der Waals surface area contributed by atoms with Crippen molar-refractivity contribution in [1.82, 2.24) is 5.32 Å². The highest BCUT2D eigenvalue weighted by molar-refractivity contribution is 5.27.